The zero-order valence-electron chi connectivity index (χ0n) is 21.6. The van der Waals surface area contributed by atoms with E-state index in [-0.39, 0.29) is 47.3 Å². The number of imidazole rings is 1. The van der Waals surface area contributed by atoms with Gasteiger partial charge in [-0.15, -0.1) is 0 Å². The molecule has 1 amide bonds. The van der Waals surface area contributed by atoms with Gasteiger partial charge in [-0.25, -0.2) is 17.8 Å². The number of aromatic nitrogens is 2. The Labute approximate surface area is 223 Å². The molecule has 2 aromatic carbocycles. The molecule has 0 aliphatic carbocycles. The van der Waals surface area contributed by atoms with E-state index in [2.05, 4.69) is 15.0 Å². The molecule has 3 atom stereocenters. The highest BCUT2D eigenvalue weighted by molar-refractivity contribution is 7.92. The van der Waals surface area contributed by atoms with Gasteiger partial charge in [-0.3, -0.25) is 9.52 Å². The van der Waals surface area contributed by atoms with Gasteiger partial charge in [0.05, 0.1) is 28.6 Å². The summed E-state index contributed by atoms with van der Waals surface area (Å²) >= 11 is 0. The van der Waals surface area contributed by atoms with E-state index >= 15 is 0 Å². The second kappa shape index (κ2) is 9.77. The predicted molar refractivity (Wildman–Crippen MR) is 138 cm³/mol. The number of fused-ring (bicyclic) bond motifs is 2. The summed E-state index contributed by atoms with van der Waals surface area (Å²) in [6.45, 7) is 4.17. The van der Waals surface area contributed by atoms with Gasteiger partial charge in [-0.1, -0.05) is 0 Å². The smallest absolute Gasteiger partial charge is 0.344 e. The van der Waals surface area contributed by atoms with E-state index in [1.807, 2.05) is 6.07 Å². The number of benzene rings is 2. The zero-order valence-corrected chi connectivity index (χ0v) is 22.5. The fraction of sp³-hybridized carbons (Fsp3) is 0.462. The first-order valence-corrected chi connectivity index (χ1v) is 14.3. The van der Waals surface area contributed by atoms with Crippen LogP contribution in [-0.2, 0) is 27.5 Å². The van der Waals surface area contributed by atoms with Crippen molar-refractivity contribution in [1.82, 2.24) is 19.8 Å². The number of nitrogens with one attached hydrogen (secondary N) is 2. The van der Waals surface area contributed by atoms with E-state index in [1.54, 1.807) is 29.5 Å². The van der Waals surface area contributed by atoms with Crippen LogP contribution < -0.4 is 10.0 Å². The number of hydrogen-bond donors (Lipinski definition) is 2. The van der Waals surface area contributed by atoms with Crippen LogP contribution in [0.5, 0.6) is 0 Å². The molecule has 0 bridgehead atoms. The molecule has 8 nitrogen and oxygen atoms in total. The van der Waals surface area contributed by atoms with Crippen molar-refractivity contribution < 1.29 is 30.8 Å². The van der Waals surface area contributed by atoms with Crippen molar-refractivity contribution in [3.05, 3.63) is 58.7 Å². The van der Waals surface area contributed by atoms with Gasteiger partial charge >= 0.3 is 6.18 Å². The summed E-state index contributed by atoms with van der Waals surface area (Å²) in [6.07, 6.45) is -3.94. The van der Waals surface area contributed by atoms with Crippen LogP contribution in [0.4, 0.5) is 23.2 Å². The Kier molecular flexibility index (Phi) is 6.86. The lowest BCUT2D eigenvalue weighted by Crippen LogP contribution is -2.52. The van der Waals surface area contributed by atoms with Crippen molar-refractivity contribution in [2.75, 3.05) is 30.6 Å². The third kappa shape index (κ3) is 5.21. The van der Waals surface area contributed by atoms with E-state index in [0.717, 1.165) is 24.1 Å². The number of hydrogen-bond acceptors (Lipinski definition) is 5. The van der Waals surface area contributed by atoms with E-state index in [4.69, 9.17) is 0 Å². The van der Waals surface area contributed by atoms with Crippen molar-refractivity contribution in [3.63, 3.8) is 0 Å². The minimum atomic E-state index is -4.71. The topological polar surface area (TPSA) is 96.3 Å². The third-order valence-corrected chi connectivity index (χ3v) is 8.96. The summed E-state index contributed by atoms with van der Waals surface area (Å²) in [5.41, 5.74) is 0.871. The summed E-state index contributed by atoms with van der Waals surface area (Å²) in [7, 11) is -1.97. The number of carbonyl (C=O) groups excluding carboxylic acids is 1. The molecule has 13 heteroatoms. The first-order valence-electron chi connectivity index (χ1n) is 12.6. The molecule has 2 N–H and O–H groups in total. The second-order valence-electron chi connectivity index (χ2n) is 10.2. The fourth-order valence-corrected chi connectivity index (χ4v) is 6.35. The maximum atomic E-state index is 14.2. The molecule has 1 aromatic heterocycles. The molecule has 3 aromatic rings. The molecule has 0 saturated carbocycles. The lowest BCUT2D eigenvalue weighted by molar-refractivity contribution is -0.138. The number of sulfonamides is 1. The van der Waals surface area contributed by atoms with Crippen LogP contribution in [0.1, 0.15) is 41.8 Å². The molecule has 2 aliphatic rings. The number of rotatable bonds is 6. The minimum absolute atomic E-state index is 0.00295. The third-order valence-electron chi connectivity index (χ3n) is 7.67. The zero-order chi connectivity index (χ0) is 28.3. The predicted octanol–water partition coefficient (Wildman–Crippen LogP) is 3.85. The van der Waals surface area contributed by atoms with E-state index in [9.17, 15) is 30.8 Å². The number of carbonyl (C=O) groups is 1. The van der Waals surface area contributed by atoms with Crippen LogP contribution in [-0.4, -0.2) is 60.7 Å². The van der Waals surface area contributed by atoms with Crippen molar-refractivity contribution in [2.24, 2.45) is 5.92 Å². The van der Waals surface area contributed by atoms with Crippen molar-refractivity contribution in [2.45, 2.75) is 44.9 Å². The molecule has 3 unspecified atom stereocenters. The van der Waals surface area contributed by atoms with Gasteiger partial charge < -0.3 is 14.8 Å². The summed E-state index contributed by atoms with van der Waals surface area (Å²) in [4.78, 5) is 18.9. The van der Waals surface area contributed by atoms with Crippen molar-refractivity contribution in [3.8, 4) is 0 Å². The van der Waals surface area contributed by atoms with Crippen LogP contribution in [0.25, 0.3) is 11.0 Å². The van der Waals surface area contributed by atoms with Gasteiger partial charge in [0.2, 0.25) is 15.9 Å². The van der Waals surface area contributed by atoms with E-state index < -0.39 is 27.6 Å². The summed E-state index contributed by atoms with van der Waals surface area (Å²) in [5, 5.41) is 3.26. The van der Waals surface area contributed by atoms with Crippen LogP contribution in [0.2, 0.25) is 0 Å². The number of likely N-dealkylation sites (N-methyl/N-ethyl adjacent to an activating group) is 1. The Morgan fingerprint density at radius 2 is 1.92 bits per heavy atom. The summed E-state index contributed by atoms with van der Waals surface area (Å²) in [5.74, 6) is -0.860. The average molecular weight is 568 g/mol. The highest BCUT2D eigenvalue weighted by atomic mass is 32.2. The molecule has 210 valence electrons. The second-order valence-corrected chi connectivity index (χ2v) is 12.3. The Balaban J connectivity index is 1.66. The number of amides is 1. The van der Waals surface area contributed by atoms with Crippen LogP contribution in [0, 0.1) is 18.7 Å². The molecule has 2 aliphatic heterocycles. The number of anilines is 1. The van der Waals surface area contributed by atoms with Gasteiger partial charge in [0.25, 0.3) is 0 Å². The molecule has 39 heavy (non-hydrogen) atoms. The van der Waals surface area contributed by atoms with Gasteiger partial charge in [0.15, 0.2) is 0 Å². The van der Waals surface area contributed by atoms with Crippen molar-refractivity contribution >= 4 is 32.7 Å². The average Bonchev–Trinajstić information content (AvgIpc) is 3.46. The van der Waals surface area contributed by atoms with E-state index in [0.29, 0.717) is 36.0 Å². The molecule has 2 fully saturated rings. The number of halogens is 4. The molecular formula is C26H29F4N5O3S. The lowest BCUT2D eigenvalue weighted by atomic mass is 9.77. The molecular weight excluding hydrogens is 538 g/mol. The van der Waals surface area contributed by atoms with Gasteiger partial charge in [0, 0.05) is 26.1 Å². The molecule has 0 spiro atoms. The standard InChI is InChI=1S/C26H29F4N5O3S/c1-4-39(37,38)33-21-9-16(20-13-34(3)25(36)23-19(20)5-6-31-23)10-22-24(21)32-14(2)35(22)12-15-7-17(26(28,29)30)11-18(27)8-15/h7-11,19-20,23,31,33H,4-6,12-13H2,1-3H3. The number of piperidine rings is 1. The maximum Gasteiger partial charge on any atom is 0.416 e. The van der Waals surface area contributed by atoms with Gasteiger partial charge in [-0.05, 0) is 74.2 Å². The summed E-state index contributed by atoms with van der Waals surface area (Å²) < 4.78 is 83.6. The number of aryl methyl sites for hydroxylation is 1. The lowest BCUT2D eigenvalue weighted by Gasteiger charge is -2.38. The van der Waals surface area contributed by atoms with Crippen molar-refractivity contribution in [1.29, 1.82) is 0 Å². The van der Waals surface area contributed by atoms with Crippen LogP contribution in [0.15, 0.2) is 30.3 Å². The van der Waals surface area contributed by atoms with Gasteiger partial charge in [0.1, 0.15) is 17.2 Å². The minimum Gasteiger partial charge on any atom is -0.344 e. The first-order chi connectivity index (χ1) is 18.3. The molecule has 3 heterocycles. The summed E-state index contributed by atoms with van der Waals surface area (Å²) in [6, 6.07) is 5.63. The Morgan fingerprint density at radius 3 is 2.62 bits per heavy atom. The number of nitrogens with zero attached hydrogens (tertiary/aromatic N) is 3. The molecule has 0 radical (unpaired) electrons. The molecule has 2 saturated heterocycles. The highest BCUT2D eigenvalue weighted by Crippen LogP contribution is 2.40. The Hall–Kier alpha value is -3.19. The van der Waals surface area contributed by atoms with E-state index in [1.165, 1.54) is 6.92 Å². The molecule has 5 rings (SSSR count). The maximum absolute atomic E-state index is 14.2. The Morgan fingerprint density at radius 1 is 1.18 bits per heavy atom. The largest absolute Gasteiger partial charge is 0.416 e. The first kappa shape index (κ1) is 27.4. The monoisotopic (exact) mass is 567 g/mol. The quantitative estimate of drug-likeness (QED) is 0.442. The number of alkyl halides is 3. The SMILES string of the molecule is CCS(=O)(=O)Nc1cc(C2CN(C)C(=O)C3NCCC32)cc2c1nc(C)n2Cc1cc(F)cc(C(F)(F)F)c1. The highest BCUT2D eigenvalue weighted by Gasteiger charge is 2.44. The normalized spacial score (nSPS) is 22.0. The fourth-order valence-electron chi connectivity index (χ4n) is 5.72. The Bertz CT molecular complexity index is 1550. The van der Waals surface area contributed by atoms with Gasteiger partial charge in [-0.2, -0.15) is 13.2 Å². The van der Waals surface area contributed by atoms with Crippen LogP contribution >= 0.6 is 0 Å². The van der Waals surface area contributed by atoms with Crippen LogP contribution in [0.3, 0.4) is 0 Å². The number of likely N-dealkylation sites (tertiary alicyclic amines) is 1.